The predicted molar refractivity (Wildman–Crippen MR) is 124 cm³/mol. The molecule has 2 aliphatic heterocycles. The summed E-state index contributed by atoms with van der Waals surface area (Å²) in [5.74, 6) is 0.889. The van der Waals surface area contributed by atoms with Gasteiger partial charge in [-0.15, -0.1) is 0 Å². The maximum absolute atomic E-state index is 13.8. The number of hydrogen-bond acceptors (Lipinski definition) is 4. The van der Waals surface area contributed by atoms with Crippen LogP contribution in [0.4, 0.5) is 17.1 Å². The van der Waals surface area contributed by atoms with Crippen LogP contribution in [0.2, 0.25) is 0 Å². The van der Waals surface area contributed by atoms with Gasteiger partial charge in [0.25, 0.3) is 0 Å². The third kappa shape index (κ3) is 2.43. The van der Waals surface area contributed by atoms with Crippen molar-refractivity contribution in [2.45, 2.75) is 24.9 Å². The molecule has 154 valence electrons. The maximum atomic E-state index is 13.8. The number of benzene rings is 3. The molecule has 0 N–H and O–H groups in total. The van der Waals surface area contributed by atoms with E-state index >= 15 is 0 Å². The zero-order valence-corrected chi connectivity index (χ0v) is 17.5. The molecule has 3 aliphatic rings. The Hall–Kier alpha value is -3.60. The zero-order chi connectivity index (χ0) is 21.0. The fourth-order valence-corrected chi connectivity index (χ4v) is 5.55. The fraction of sp³-hybridized carbons (Fsp3) is 0.231. The number of carbonyl (C=O) groups is 1. The zero-order valence-electron chi connectivity index (χ0n) is 17.5. The number of carbonyl (C=O) groups excluding carboxylic acids is 1. The minimum atomic E-state index is -0.551. The molecule has 2 atom stereocenters. The van der Waals surface area contributed by atoms with Gasteiger partial charge < -0.3 is 4.90 Å². The lowest BCUT2D eigenvalue weighted by atomic mass is 9.91. The number of rotatable bonds is 2. The van der Waals surface area contributed by atoms with Crippen LogP contribution >= 0.6 is 0 Å². The number of nitrogens with zero attached hydrogens (tertiary/aromatic N) is 4. The lowest BCUT2D eigenvalue weighted by Gasteiger charge is -2.44. The van der Waals surface area contributed by atoms with E-state index in [-0.39, 0.29) is 11.8 Å². The Morgan fingerprint density at radius 1 is 0.871 bits per heavy atom. The fourth-order valence-electron chi connectivity index (χ4n) is 5.55. The molecule has 6 rings (SSSR count). The highest BCUT2D eigenvalue weighted by atomic mass is 16.2. The molecule has 0 bridgehead atoms. The monoisotopic (exact) mass is 408 g/mol. The summed E-state index contributed by atoms with van der Waals surface area (Å²) in [4.78, 5) is 18.0. The van der Waals surface area contributed by atoms with Crippen molar-refractivity contribution >= 4 is 28.8 Å². The standard InChI is InChI=1S/C26H24N4O/c1-28-22-16-8-9-17-23(22)29-24(19-11-4-2-5-12-19)27-30(20-13-6-3-7-14-20)26(29)18-10-15-21(26)25(28)31/h2-9,11-14,16-17,21H,10,15,18H2,1H3/t21-,26-/m1/s1. The van der Waals surface area contributed by atoms with E-state index in [2.05, 4.69) is 40.2 Å². The van der Waals surface area contributed by atoms with Crippen molar-refractivity contribution in [1.82, 2.24) is 0 Å². The molecule has 0 radical (unpaired) electrons. The average Bonchev–Trinajstić information content (AvgIpc) is 3.40. The van der Waals surface area contributed by atoms with Gasteiger partial charge in [-0.25, -0.2) is 5.01 Å². The number of hydrazone groups is 1. The molecule has 1 spiro atoms. The van der Waals surface area contributed by atoms with Crippen LogP contribution in [0.1, 0.15) is 24.8 Å². The molecule has 1 fully saturated rings. The SMILES string of the molecule is CN1C(=O)[C@H]2CCC[C@@]23N(c2ccccc2)N=C(c2ccccc2)N3c2ccccc21. The van der Waals surface area contributed by atoms with Crippen molar-refractivity contribution in [2.24, 2.45) is 11.0 Å². The molecule has 3 aromatic rings. The quantitative estimate of drug-likeness (QED) is 0.609. The van der Waals surface area contributed by atoms with Crippen LogP contribution in [-0.2, 0) is 4.79 Å². The van der Waals surface area contributed by atoms with Gasteiger partial charge in [-0.2, -0.15) is 5.10 Å². The summed E-state index contributed by atoms with van der Waals surface area (Å²) < 4.78 is 0. The molecule has 2 heterocycles. The van der Waals surface area contributed by atoms with Gasteiger partial charge in [-0.3, -0.25) is 9.69 Å². The van der Waals surface area contributed by atoms with E-state index in [1.54, 1.807) is 0 Å². The van der Waals surface area contributed by atoms with E-state index in [4.69, 9.17) is 5.10 Å². The van der Waals surface area contributed by atoms with Crippen LogP contribution in [-0.4, -0.2) is 24.5 Å². The van der Waals surface area contributed by atoms with Crippen molar-refractivity contribution in [2.75, 3.05) is 21.9 Å². The van der Waals surface area contributed by atoms with Crippen molar-refractivity contribution in [1.29, 1.82) is 0 Å². The highest BCUT2D eigenvalue weighted by molar-refractivity contribution is 6.18. The molecular formula is C26H24N4O. The second-order valence-electron chi connectivity index (χ2n) is 8.48. The summed E-state index contributed by atoms with van der Waals surface area (Å²) in [6.07, 6.45) is 2.72. The third-order valence-electron chi connectivity index (χ3n) is 6.90. The molecule has 5 heteroatoms. The number of para-hydroxylation sites is 3. The Balaban J connectivity index is 1.67. The van der Waals surface area contributed by atoms with Crippen molar-refractivity contribution in [3.63, 3.8) is 0 Å². The highest BCUT2D eigenvalue weighted by Gasteiger charge is 2.62. The van der Waals surface area contributed by atoms with Crippen LogP contribution in [0.25, 0.3) is 0 Å². The number of amidine groups is 1. The van der Waals surface area contributed by atoms with Crippen LogP contribution in [0.3, 0.4) is 0 Å². The van der Waals surface area contributed by atoms with Gasteiger partial charge >= 0.3 is 0 Å². The first-order chi connectivity index (χ1) is 15.2. The van der Waals surface area contributed by atoms with Gasteiger partial charge in [-0.05, 0) is 43.5 Å². The molecule has 3 aromatic carbocycles. The molecule has 0 unspecified atom stereocenters. The van der Waals surface area contributed by atoms with Crippen LogP contribution < -0.4 is 14.8 Å². The van der Waals surface area contributed by atoms with Crippen LogP contribution in [0, 0.1) is 5.92 Å². The molecular weight excluding hydrogens is 384 g/mol. The summed E-state index contributed by atoms with van der Waals surface area (Å²) in [6, 6.07) is 28.8. The van der Waals surface area contributed by atoms with Crippen LogP contribution in [0.5, 0.6) is 0 Å². The Morgan fingerprint density at radius 3 is 2.26 bits per heavy atom. The van der Waals surface area contributed by atoms with E-state index in [1.165, 1.54) is 0 Å². The van der Waals surface area contributed by atoms with E-state index < -0.39 is 5.66 Å². The molecule has 1 saturated carbocycles. The Bertz CT molecular complexity index is 1180. The second kappa shape index (κ2) is 6.71. The summed E-state index contributed by atoms with van der Waals surface area (Å²) in [5, 5.41) is 7.34. The summed E-state index contributed by atoms with van der Waals surface area (Å²) in [7, 11) is 1.90. The number of amides is 1. The first-order valence-electron chi connectivity index (χ1n) is 10.9. The molecule has 5 nitrogen and oxygen atoms in total. The van der Waals surface area contributed by atoms with Gasteiger partial charge in [-0.1, -0.05) is 60.7 Å². The first kappa shape index (κ1) is 18.2. The minimum Gasteiger partial charge on any atom is -0.313 e. The average molecular weight is 409 g/mol. The summed E-state index contributed by atoms with van der Waals surface area (Å²) in [6.45, 7) is 0. The van der Waals surface area contributed by atoms with Gasteiger partial charge in [0.05, 0.1) is 23.0 Å². The Kier molecular flexibility index (Phi) is 3.93. The van der Waals surface area contributed by atoms with Crippen molar-refractivity contribution < 1.29 is 4.79 Å². The largest absolute Gasteiger partial charge is 0.313 e. The maximum Gasteiger partial charge on any atom is 0.234 e. The Morgan fingerprint density at radius 2 is 1.52 bits per heavy atom. The Labute approximate surface area is 182 Å². The van der Waals surface area contributed by atoms with Crippen molar-refractivity contribution in [3.05, 3.63) is 90.5 Å². The minimum absolute atomic E-state index is 0.165. The van der Waals surface area contributed by atoms with Gasteiger partial charge in [0.15, 0.2) is 11.5 Å². The van der Waals surface area contributed by atoms with Gasteiger partial charge in [0.2, 0.25) is 5.91 Å². The van der Waals surface area contributed by atoms with Crippen molar-refractivity contribution in [3.8, 4) is 0 Å². The lowest BCUT2D eigenvalue weighted by molar-refractivity contribution is -0.123. The van der Waals surface area contributed by atoms with E-state index in [9.17, 15) is 4.79 Å². The number of fused-ring (bicyclic) bond motifs is 2. The first-order valence-corrected chi connectivity index (χ1v) is 10.9. The third-order valence-corrected chi connectivity index (χ3v) is 6.90. The molecule has 31 heavy (non-hydrogen) atoms. The highest BCUT2D eigenvalue weighted by Crippen LogP contribution is 2.54. The summed E-state index contributed by atoms with van der Waals surface area (Å²) in [5.41, 5.74) is 3.48. The van der Waals surface area contributed by atoms with E-state index in [1.807, 2.05) is 66.5 Å². The molecule has 1 aliphatic carbocycles. The summed E-state index contributed by atoms with van der Waals surface area (Å²) >= 11 is 0. The smallest absolute Gasteiger partial charge is 0.234 e. The molecule has 0 saturated heterocycles. The van der Waals surface area contributed by atoms with E-state index in [0.29, 0.717) is 0 Å². The second-order valence-corrected chi connectivity index (χ2v) is 8.48. The van der Waals surface area contributed by atoms with Gasteiger partial charge in [0.1, 0.15) is 0 Å². The van der Waals surface area contributed by atoms with Gasteiger partial charge in [0, 0.05) is 12.6 Å². The topological polar surface area (TPSA) is 39.2 Å². The number of anilines is 3. The predicted octanol–water partition coefficient (Wildman–Crippen LogP) is 4.85. The molecule has 1 amide bonds. The molecule has 0 aromatic heterocycles. The van der Waals surface area contributed by atoms with E-state index in [0.717, 1.165) is 47.7 Å². The lowest BCUT2D eigenvalue weighted by Crippen LogP contribution is -2.60. The van der Waals surface area contributed by atoms with Crippen LogP contribution in [0.15, 0.2) is 90.0 Å². The normalized spacial score (nSPS) is 24.4. The number of hydrogen-bond donors (Lipinski definition) is 0.